The van der Waals surface area contributed by atoms with E-state index in [9.17, 15) is 0 Å². The van der Waals surface area contributed by atoms with Crippen LogP contribution in [0.4, 0.5) is 5.69 Å². The van der Waals surface area contributed by atoms with E-state index in [1.54, 1.807) is 0 Å². The number of hydrogen-bond acceptors (Lipinski definition) is 2. The quantitative estimate of drug-likeness (QED) is 0.664. The summed E-state index contributed by atoms with van der Waals surface area (Å²) in [5.74, 6) is 0. The van der Waals surface area contributed by atoms with E-state index in [0.29, 0.717) is 5.25 Å². The lowest BCUT2D eigenvalue weighted by atomic mass is 10.3. The Bertz CT molecular complexity index is 370. The maximum Gasteiger partial charge on any atom is 0.264 e. The molecule has 2 nitrogen and oxygen atoms in total. The van der Waals surface area contributed by atoms with Gasteiger partial charge in [-0.2, -0.15) is 0 Å². The molecule has 1 atom stereocenters. The van der Waals surface area contributed by atoms with Crippen LogP contribution in [0.5, 0.6) is 0 Å². The second-order valence-corrected chi connectivity index (χ2v) is 5.75. The molecule has 0 fully saturated rings. The molecule has 0 aliphatic carbocycles. The molecule has 80 valence electrons. The van der Waals surface area contributed by atoms with Crippen molar-refractivity contribution in [2.45, 2.75) is 12.2 Å². The Kier molecular flexibility index (Phi) is 2.85. The van der Waals surface area contributed by atoms with E-state index in [1.807, 2.05) is 11.8 Å². The molecule has 1 aromatic rings. The maximum atomic E-state index is 4.62. The summed E-state index contributed by atoms with van der Waals surface area (Å²) in [6, 6.07) is 10.5. The van der Waals surface area contributed by atoms with Crippen LogP contribution in [0.15, 0.2) is 35.3 Å². The van der Waals surface area contributed by atoms with Gasteiger partial charge in [0.1, 0.15) is 5.69 Å². The first-order chi connectivity index (χ1) is 7.10. The molecule has 3 heteroatoms. The van der Waals surface area contributed by atoms with Gasteiger partial charge in [-0.25, -0.2) is 9.48 Å². The van der Waals surface area contributed by atoms with E-state index in [0.717, 1.165) is 11.0 Å². The molecule has 1 heterocycles. The van der Waals surface area contributed by atoms with Gasteiger partial charge >= 0.3 is 0 Å². The lowest BCUT2D eigenvalue weighted by molar-refractivity contribution is 0.604. The molecular formula is C12H17N2S+. The van der Waals surface area contributed by atoms with E-state index in [2.05, 4.69) is 56.3 Å². The highest BCUT2D eigenvalue weighted by Crippen LogP contribution is 2.30. The fraction of sp³-hybridized carbons (Fsp3) is 0.417. The highest BCUT2D eigenvalue weighted by Gasteiger charge is 2.32. The van der Waals surface area contributed by atoms with Gasteiger partial charge in [-0.1, -0.05) is 25.1 Å². The topological polar surface area (TPSA) is 12.4 Å². The van der Waals surface area contributed by atoms with E-state index in [4.69, 9.17) is 0 Å². The van der Waals surface area contributed by atoms with Crippen molar-refractivity contribution in [3.63, 3.8) is 0 Å². The standard InChI is InChI=1S/C12H17N2S/c1-10-9-13-12(15-10)14(2,3)11-7-5-4-6-8-11/h4-8,10H,9H2,1-3H3/q+1. The van der Waals surface area contributed by atoms with Gasteiger partial charge in [0.25, 0.3) is 5.17 Å². The van der Waals surface area contributed by atoms with E-state index < -0.39 is 0 Å². The number of nitrogens with zero attached hydrogens (tertiary/aromatic N) is 2. The average Bonchev–Trinajstić information content (AvgIpc) is 2.67. The van der Waals surface area contributed by atoms with Crippen molar-refractivity contribution in [2.24, 2.45) is 4.99 Å². The van der Waals surface area contributed by atoms with Gasteiger partial charge < -0.3 is 0 Å². The Labute approximate surface area is 95.6 Å². The Balaban J connectivity index is 2.28. The zero-order chi connectivity index (χ0) is 10.9. The highest BCUT2D eigenvalue weighted by molar-refractivity contribution is 8.14. The normalized spacial score (nSPS) is 21.5. The van der Waals surface area contributed by atoms with Crippen molar-refractivity contribution in [3.8, 4) is 0 Å². The summed E-state index contributed by atoms with van der Waals surface area (Å²) in [7, 11) is 4.39. The first kappa shape index (κ1) is 10.7. The molecule has 2 rings (SSSR count). The molecule has 0 saturated carbocycles. The van der Waals surface area contributed by atoms with Crippen molar-refractivity contribution in [1.29, 1.82) is 0 Å². The van der Waals surface area contributed by atoms with Crippen LogP contribution in [0.25, 0.3) is 0 Å². The SMILES string of the molecule is CC1CN=C([N+](C)(C)c2ccccc2)S1. The van der Waals surface area contributed by atoms with Crippen LogP contribution in [0, 0.1) is 0 Å². The number of hydrogen-bond donors (Lipinski definition) is 0. The fourth-order valence-corrected chi connectivity index (χ4v) is 2.71. The van der Waals surface area contributed by atoms with Gasteiger partial charge in [-0.3, -0.25) is 0 Å². The molecule has 0 radical (unpaired) electrons. The highest BCUT2D eigenvalue weighted by atomic mass is 32.2. The summed E-state index contributed by atoms with van der Waals surface area (Å²) in [5, 5.41) is 1.84. The number of benzene rings is 1. The van der Waals surface area contributed by atoms with Crippen molar-refractivity contribution in [1.82, 2.24) is 4.48 Å². The summed E-state index contributed by atoms with van der Waals surface area (Å²) in [6.45, 7) is 3.18. The van der Waals surface area contributed by atoms with Gasteiger partial charge in [0.15, 0.2) is 0 Å². The molecule has 0 amide bonds. The number of amidine groups is 1. The molecular weight excluding hydrogens is 204 g/mol. The molecule has 0 aromatic heterocycles. The van der Waals surface area contributed by atoms with Crippen LogP contribution in [0.2, 0.25) is 0 Å². The zero-order valence-electron chi connectivity index (χ0n) is 9.47. The summed E-state index contributed by atoms with van der Waals surface area (Å²) in [4.78, 5) is 4.62. The average molecular weight is 221 g/mol. The number of quaternary nitrogens is 1. The van der Waals surface area contributed by atoms with E-state index in [1.165, 1.54) is 10.9 Å². The summed E-state index contributed by atoms with van der Waals surface area (Å²) in [6.07, 6.45) is 0. The van der Waals surface area contributed by atoms with Crippen LogP contribution in [0.3, 0.4) is 0 Å². The van der Waals surface area contributed by atoms with Gasteiger partial charge in [-0.15, -0.1) is 0 Å². The van der Waals surface area contributed by atoms with Gasteiger partial charge in [0, 0.05) is 5.25 Å². The van der Waals surface area contributed by atoms with Crippen LogP contribution in [-0.2, 0) is 0 Å². The Morgan fingerprint density at radius 3 is 2.47 bits per heavy atom. The zero-order valence-corrected chi connectivity index (χ0v) is 10.3. The Morgan fingerprint density at radius 1 is 1.27 bits per heavy atom. The van der Waals surface area contributed by atoms with E-state index in [-0.39, 0.29) is 0 Å². The van der Waals surface area contributed by atoms with Crippen molar-refractivity contribution < 1.29 is 0 Å². The van der Waals surface area contributed by atoms with Crippen LogP contribution < -0.4 is 4.48 Å². The third-order valence-corrected chi connectivity index (χ3v) is 4.02. The lowest BCUT2D eigenvalue weighted by Gasteiger charge is -2.27. The predicted octanol–water partition coefficient (Wildman–Crippen LogP) is 2.74. The fourth-order valence-electron chi connectivity index (χ4n) is 1.68. The summed E-state index contributed by atoms with van der Waals surface area (Å²) >= 11 is 1.89. The molecule has 1 aromatic carbocycles. The molecule has 0 saturated heterocycles. The van der Waals surface area contributed by atoms with Gasteiger partial charge in [0.05, 0.1) is 20.6 Å². The minimum absolute atomic E-state index is 0.626. The molecule has 1 unspecified atom stereocenters. The lowest BCUT2D eigenvalue weighted by Crippen LogP contribution is -2.44. The van der Waals surface area contributed by atoms with E-state index >= 15 is 0 Å². The number of thioether (sulfide) groups is 1. The van der Waals surface area contributed by atoms with Gasteiger partial charge in [0.2, 0.25) is 0 Å². The monoisotopic (exact) mass is 221 g/mol. The predicted molar refractivity (Wildman–Crippen MR) is 69.4 cm³/mol. The summed E-state index contributed by atoms with van der Waals surface area (Å²) in [5.41, 5.74) is 1.29. The number of rotatable bonds is 1. The summed E-state index contributed by atoms with van der Waals surface area (Å²) < 4.78 is 0.760. The number of aliphatic imine (C=N–C) groups is 1. The largest absolute Gasteiger partial charge is 0.264 e. The van der Waals surface area contributed by atoms with Crippen molar-refractivity contribution in [2.75, 3.05) is 20.6 Å². The number of para-hydroxylation sites is 1. The molecule has 15 heavy (non-hydrogen) atoms. The minimum atomic E-state index is 0.626. The van der Waals surface area contributed by atoms with Crippen LogP contribution in [-0.4, -0.2) is 31.1 Å². The molecule has 0 N–H and O–H groups in total. The second-order valence-electron chi connectivity index (χ2n) is 4.34. The van der Waals surface area contributed by atoms with Crippen molar-refractivity contribution in [3.05, 3.63) is 30.3 Å². The Hall–Kier alpha value is -0.800. The first-order valence-corrected chi connectivity index (χ1v) is 6.10. The maximum absolute atomic E-state index is 4.62. The molecule has 1 aliphatic heterocycles. The third kappa shape index (κ3) is 2.08. The third-order valence-electron chi connectivity index (χ3n) is 2.67. The van der Waals surface area contributed by atoms with Crippen LogP contribution in [0.1, 0.15) is 6.92 Å². The van der Waals surface area contributed by atoms with Gasteiger partial charge in [-0.05, 0) is 23.9 Å². The molecule has 0 bridgehead atoms. The van der Waals surface area contributed by atoms with Crippen LogP contribution >= 0.6 is 11.8 Å². The second kappa shape index (κ2) is 3.99. The first-order valence-electron chi connectivity index (χ1n) is 5.22. The Morgan fingerprint density at radius 2 is 1.93 bits per heavy atom. The molecule has 0 spiro atoms. The van der Waals surface area contributed by atoms with Crippen molar-refractivity contribution >= 4 is 22.6 Å². The smallest absolute Gasteiger partial charge is 0.242 e. The molecule has 1 aliphatic rings. The minimum Gasteiger partial charge on any atom is -0.242 e.